The lowest BCUT2D eigenvalue weighted by atomic mass is 10.1. The van der Waals surface area contributed by atoms with Gasteiger partial charge in [0.05, 0.1) is 0 Å². The van der Waals surface area contributed by atoms with Crippen LogP contribution in [0.3, 0.4) is 0 Å². The van der Waals surface area contributed by atoms with Crippen LogP contribution in [0.1, 0.15) is 22.1 Å². The van der Waals surface area contributed by atoms with Crippen LogP contribution in [0.5, 0.6) is 0 Å². The fourth-order valence-corrected chi connectivity index (χ4v) is 2.72. The maximum atomic E-state index is 13.1. The summed E-state index contributed by atoms with van der Waals surface area (Å²) in [6.45, 7) is 1.91. The number of halogens is 2. The minimum absolute atomic E-state index is 0.295. The zero-order valence-corrected chi connectivity index (χ0v) is 10.1. The first-order chi connectivity index (χ1) is 7.58. The second-order valence-corrected chi connectivity index (χ2v) is 4.96. The molecule has 0 radical (unpaired) electrons. The van der Waals surface area contributed by atoms with E-state index in [2.05, 4.69) is 0 Å². The molecule has 84 valence electrons. The predicted octanol–water partition coefficient (Wildman–Crippen LogP) is 3.93. The van der Waals surface area contributed by atoms with Gasteiger partial charge in [0.1, 0.15) is 11.9 Å². The van der Waals surface area contributed by atoms with Gasteiger partial charge in [-0.1, -0.05) is 11.6 Å². The van der Waals surface area contributed by atoms with E-state index in [1.807, 2.05) is 18.4 Å². The quantitative estimate of drug-likeness (QED) is 0.863. The summed E-state index contributed by atoms with van der Waals surface area (Å²) >= 11 is 7.20. The van der Waals surface area contributed by atoms with Gasteiger partial charge in [-0.3, -0.25) is 0 Å². The molecule has 0 saturated carbocycles. The molecule has 0 aliphatic heterocycles. The van der Waals surface area contributed by atoms with Crippen molar-refractivity contribution in [1.82, 2.24) is 0 Å². The Hall–Kier alpha value is -0.900. The van der Waals surface area contributed by atoms with Crippen molar-refractivity contribution in [3.63, 3.8) is 0 Å². The lowest BCUT2D eigenvalue weighted by Crippen LogP contribution is -1.99. The lowest BCUT2D eigenvalue weighted by Gasteiger charge is -2.11. The van der Waals surface area contributed by atoms with Crippen molar-refractivity contribution in [3.05, 3.63) is 56.5 Å². The lowest BCUT2D eigenvalue weighted by molar-refractivity contribution is 0.223. The number of aliphatic hydroxyl groups is 1. The Kier molecular flexibility index (Phi) is 3.28. The van der Waals surface area contributed by atoms with E-state index in [1.165, 1.54) is 23.5 Å². The summed E-state index contributed by atoms with van der Waals surface area (Å²) in [5.74, 6) is -0.434. The molecule has 0 fully saturated rings. The van der Waals surface area contributed by atoms with Crippen molar-refractivity contribution in [2.75, 3.05) is 0 Å². The Labute approximate surface area is 102 Å². The first kappa shape index (κ1) is 11.6. The van der Waals surface area contributed by atoms with Gasteiger partial charge in [-0.05, 0) is 47.7 Å². The topological polar surface area (TPSA) is 20.2 Å². The smallest absolute Gasteiger partial charge is 0.125 e. The number of aliphatic hydroxyl groups excluding tert-OH is 1. The van der Waals surface area contributed by atoms with E-state index in [4.69, 9.17) is 11.6 Å². The molecule has 1 N–H and O–H groups in total. The third-order valence-corrected chi connectivity index (χ3v) is 3.64. The minimum Gasteiger partial charge on any atom is -0.383 e. The molecule has 1 atom stereocenters. The van der Waals surface area contributed by atoms with E-state index in [1.54, 1.807) is 6.07 Å². The van der Waals surface area contributed by atoms with Gasteiger partial charge >= 0.3 is 0 Å². The van der Waals surface area contributed by atoms with Crippen LogP contribution in [0.25, 0.3) is 0 Å². The third-order valence-electron chi connectivity index (χ3n) is 2.35. The summed E-state index contributed by atoms with van der Waals surface area (Å²) in [7, 11) is 0. The number of thiophene rings is 1. The van der Waals surface area contributed by atoms with Gasteiger partial charge in [-0.15, -0.1) is 11.3 Å². The van der Waals surface area contributed by atoms with Gasteiger partial charge in [-0.25, -0.2) is 4.39 Å². The van der Waals surface area contributed by atoms with Crippen LogP contribution in [0, 0.1) is 12.7 Å². The van der Waals surface area contributed by atoms with Crippen molar-refractivity contribution in [1.29, 1.82) is 0 Å². The Balaban J connectivity index is 2.41. The zero-order chi connectivity index (χ0) is 11.7. The molecule has 0 amide bonds. The summed E-state index contributed by atoms with van der Waals surface area (Å²) in [5.41, 5.74) is 1.48. The average molecular weight is 257 g/mol. The summed E-state index contributed by atoms with van der Waals surface area (Å²) < 4.78 is 13.1. The van der Waals surface area contributed by atoms with E-state index in [9.17, 15) is 9.50 Å². The fourth-order valence-electron chi connectivity index (χ4n) is 1.55. The molecule has 16 heavy (non-hydrogen) atoms. The van der Waals surface area contributed by atoms with Gasteiger partial charge in [0.2, 0.25) is 0 Å². The predicted molar refractivity (Wildman–Crippen MR) is 64.5 cm³/mol. The highest BCUT2D eigenvalue weighted by atomic mass is 35.5. The molecule has 0 aliphatic rings. The minimum atomic E-state index is -0.812. The zero-order valence-electron chi connectivity index (χ0n) is 8.58. The van der Waals surface area contributed by atoms with E-state index in [-0.39, 0.29) is 0 Å². The molecular formula is C12H10ClFOS. The van der Waals surface area contributed by atoms with Gasteiger partial charge < -0.3 is 5.11 Å². The SMILES string of the molecule is Cc1ccsc1C(O)c1cc(F)cc(Cl)c1. The highest BCUT2D eigenvalue weighted by Gasteiger charge is 2.15. The van der Waals surface area contributed by atoms with Crippen molar-refractivity contribution < 1.29 is 9.50 Å². The number of rotatable bonds is 2. The molecule has 2 aromatic rings. The van der Waals surface area contributed by atoms with E-state index >= 15 is 0 Å². The highest BCUT2D eigenvalue weighted by Crippen LogP contribution is 2.30. The normalized spacial score (nSPS) is 12.8. The van der Waals surface area contributed by atoms with Crippen molar-refractivity contribution in [3.8, 4) is 0 Å². The maximum Gasteiger partial charge on any atom is 0.125 e. The summed E-state index contributed by atoms with van der Waals surface area (Å²) in [6.07, 6.45) is -0.812. The van der Waals surface area contributed by atoms with Crippen LogP contribution < -0.4 is 0 Å². The molecule has 1 aromatic heterocycles. The summed E-state index contributed by atoms with van der Waals surface area (Å²) in [4.78, 5) is 0.821. The molecule has 0 spiro atoms. The first-order valence-electron chi connectivity index (χ1n) is 4.76. The van der Waals surface area contributed by atoms with Gasteiger partial charge in [0.15, 0.2) is 0 Å². The molecule has 2 rings (SSSR count). The largest absolute Gasteiger partial charge is 0.383 e. The van der Waals surface area contributed by atoms with E-state index in [0.29, 0.717) is 10.6 Å². The van der Waals surface area contributed by atoms with Crippen LogP contribution in [0.4, 0.5) is 4.39 Å². The number of aryl methyl sites for hydroxylation is 1. The molecule has 0 aliphatic carbocycles. The monoisotopic (exact) mass is 256 g/mol. The second kappa shape index (κ2) is 4.53. The molecule has 0 saturated heterocycles. The number of hydrogen-bond acceptors (Lipinski definition) is 2. The molecule has 1 aromatic carbocycles. The summed E-state index contributed by atoms with van der Waals surface area (Å²) in [5, 5.41) is 12.3. The van der Waals surface area contributed by atoms with Gasteiger partial charge in [0, 0.05) is 9.90 Å². The number of benzene rings is 1. The molecule has 1 heterocycles. The third kappa shape index (κ3) is 2.26. The Bertz CT molecular complexity index is 489. The molecule has 1 nitrogen and oxygen atoms in total. The van der Waals surface area contributed by atoms with Crippen LogP contribution in [-0.2, 0) is 0 Å². The van der Waals surface area contributed by atoms with Crippen LogP contribution in [0.15, 0.2) is 29.6 Å². The Morgan fingerprint density at radius 1 is 1.38 bits per heavy atom. The van der Waals surface area contributed by atoms with E-state index < -0.39 is 11.9 Å². The number of hydrogen-bond donors (Lipinski definition) is 1. The Morgan fingerprint density at radius 2 is 2.12 bits per heavy atom. The van der Waals surface area contributed by atoms with Crippen LogP contribution in [-0.4, -0.2) is 5.11 Å². The molecule has 4 heteroatoms. The van der Waals surface area contributed by atoms with Gasteiger partial charge in [-0.2, -0.15) is 0 Å². The maximum absolute atomic E-state index is 13.1. The molecular weight excluding hydrogens is 247 g/mol. The van der Waals surface area contributed by atoms with Crippen LogP contribution in [0.2, 0.25) is 5.02 Å². The average Bonchev–Trinajstić information content (AvgIpc) is 2.62. The molecule has 1 unspecified atom stereocenters. The first-order valence-corrected chi connectivity index (χ1v) is 6.02. The second-order valence-electron chi connectivity index (χ2n) is 3.57. The van der Waals surface area contributed by atoms with Crippen molar-refractivity contribution in [2.45, 2.75) is 13.0 Å². The highest BCUT2D eigenvalue weighted by molar-refractivity contribution is 7.10. The standard InChI is InChI=1S/C12H10ClFOS/c1-7-2-3-16-12(7)11(15)8-4-9(13)6-10(14)5-8/h2-6,11,15H,1H3. The van der Waals surface area contributed by atoms with E-state index in [0.717, 1.165) is 10.4 Å². The molecule has 0 bridgehead atoms. The van der Waals surface area contributed by atoms with Gasteiger partial charge in [0.25, 0.3) is 0 Å². The Morgan fingerprint density at radius 3 is 2.69 bits per heavy atom. The van der Waals surface area contributed by atoms with Crippen molar-refractivity contribution >= 4 is 22.9 Å². The summed E-state index contributed by atoms with van der Waals surface area (Å²) in [6, 6.07) is 6.02. The van der Waals surface area contributed by atoms with Crippen molar-refractivity contribution in [2.24, 2.45) is 0 Å². The van der Waals surface area contributed by atoms with Crippen LogP contribution >= 0.6 is 22.9 Å². The fraction of sp³-hybridized carbons (Fsp3) is 0.167.